The maximum atomic E-state index is 3.66. The second-order valence-corrected chi connectivity index (χ2v) is 8.10. The van der Waals surface area contributed by atoms with Crippen LogP contribution in [0.25, 0.3) is 0 Å². The molecule has 1 aliphatic rings. The van der Waals surface area contributed by atoms with Crippen LogP contribution in [0.5, 0.6) is 0 Å². The maximum Gasteiger partial charge on any atom is 0.0126 e. The van der Waals surface area contributed by atoms with Crippen LogP contribution in [0.2, 0.25) is 0 Å². The van der Waals surface area contributed by atoms with E-state index in [9.17, 15) is 0 Å². The molecule has 3 heteroatoms. The summed E-state index contributed by atoms with van der Waals surface area (Å²) in [6.07, 6.45) is 1.21. The Morgan fingerprint density at radius 2 is 1.55 bits per heavy atom. The smallest absolute Gasteiger partial charge is 0.0126 e. The first-order valence-electron chi connectivity index (χ1n) is 8.37. The SMILES string of the molecule is CCCNC(C)C(C)(C)CN1CCN(C(C)(C)C)CC1. The van der Waals surface area contributed by atoms with Crippen molar-refractivity contribution >= 4 is 0 Å². The molecule has 1 fully saturated rings. The molecule has 1 unspecified atom stereocenters. The van der Waals surface area contributed by atoms with Gasteiger partial charge in [0.1, 0.15) is 0 Å². The van der Waals surface area contributed by atoms with Crippen molar-refractivity contribution in [1.29, 1.82) is 0 Å². The molecule has 0 aromatic rings. The van der Waals surface area contributed by atoms with Crippen LogP contribution in [0.4, 0.5) is 0 Å². The largest absolute Gasteiger partial charge is 0.314 e. The van der Waals surface area contributed by atoms with E-state index in [-0.39, 0.29) is 0 Å². The predicted molar refractivity (Wildman–Crippen MR) is 89.3 cm³/mol. The van der Waals surface area contributed by atoms with Crippen LogP contribution >= 0.6 is 0 Å². The summed E-state index contributed by atoms with van der Waals surface area (Å²) in [4.78, 5) is 5.25. The van der Waals surface area contributed by atoms with Crippen LogP contribution in [0.1, 0.15) is 54.9 Å². The molecule has 0 aromatic heterocycles. The molecular formula is C17H37N3. The minimum atomic E-state index is 0.317. The van der Waals surface area contributed by atoms with Crippen LogP contribution < -0.4 is 5.32 Å². The molecule has 0 radical (unpaired) electrons. The van der Waals surface area contributed by atoms with Gasteiger partial charge in [0, 0.05) is 44.3 Å². The first-order chi connectivity index (χ1) is 9.16. The Morgan fingerprint density at radius 3 is 2.00 bits per heavy atom. The molecule has 0 aliphatic carbocycles. The quantitative estimate of drug-likeness (QED) is 0.809. The van der Waals surface area contributed by atoms with Gasteiger partial charge in [-0.1, -0.05) is 20.8 Å². The third-order valence-electron chi connectivity index (χ3n) is 4.82. The van der Waals surface area contributed by atoms with Crippen molar-refractivity contribution in [2.24, 2.45) is 5.41 Å². The minimum absolute atomic E-state index is 0.317. The van der Waals surface area contributed by atoms with Gasteiger partial charge in [0.05, 0.1) is 0 Å². The predicted octanol–water partition coefficient (Wildman–Crippen LogP) is 2.82. The molecule has 0 bridgehead atoms. The topological polar surface area (TPSA) is 18.5 Å². The van der Waals surface area contributed by atoms with Crippen molar-refractivity contribution in [3.05, 3.63) is 0 Å². The molecule has 0 saturated carbocycles. The lowest BCUT2D eigenvalue weighted by Crippen LogP contribution is -2.56. The summed E-state index contributed by atoms with van der Waals surface area (Å²) >= 11 is 0. The van der Waals surface area contributed by atoms with E-state index < -0.39 is 0 Å². The summed E-state index contributed by atoms with van der Waals surface area (Å²) in [5.74, 6) is 0. The number of piperazine rings is 1. The van der Waals surface area contributed by atoms with Crippen molar-refractivity contribution in [2.45, 2.75) is 66.5 Å². The van der Waals surface area contributed by atoms with Gasteiger partial charge in [-0.05, 0) is 46.1 Å². The average molecular weight is 284 g/mol. The first-order valence-corrected chi connectivity index (χ1v) is 8.37. The lowest BCUT2D eigenvalue weighted by molar-refractivity contribution is 0.0394. The van der Waals surface area contributed by atoms with Crippen LogP contribution in [-0.4, -0.2) is 60.6 Å². The zero-order valence-electron chi connectivity index (χ0n) is 14.9. The van der Waals surface area contributed by atoms with Gasteiger partial charge in [0.25, 0.3) is 0 Å². The normalized spacial score (nSPS) is 21.1. The fraction of sp³-hybridized carbons (Fsp3) is 1.00. The van der Waals surface area contributed by atoms with Gasteiger partial charge in [0.15, 0.2) is 0 Å². The van der Waals surface area contributed by atoms with E-state index >= 15 is 0 Å². The Hall–Kier alpha value is -0.120. The van der Waals surface area contributed by atoms with Crippen molar-refractivity contribution in [1.82, 2.24) is 15.1 Å². The van der Waals surface area contributed by atoms with Gasteiger partial charge in [-0.25, -0.2) is 0 Å². The van der Waals surface area contributed by atoms with Gasteiger partial charge in [-0.3, -0.25) is 4.90 Å². The molecule has 20 heavy (non-hydrogen) atoms. The molecule has 1 aliphatic heterocycles. The second-order valence-electron chi connectivity index (χ2n) is 8.10. The highest BCUT2D eigenvalue weighted by Gasteiger charge is 2.31. The third-order valence-corrected chi connectivity index (χ3v) is 4.82. The van der Waals surface area contributed by atoms with Gasteiger partial charge in [-0.2, -0.15) is 0 Å². The van der Waals surface area contributed by atoms with Gasteiger partial charge >= 0.3 is 0 Å². The molecule has 0 aromatic carbocycles. The van der Waals surface area contributed by atoms with Gasteiger partial charge < -0.3 is 10.2 Å². The van der Waals surface area contributed by atoms with E-state index in [4.69, 9.17) is 0 Å². The number of rotatable bonds is 6. The summed E-state index contributed by atoms with van der Waals surface area (Å²) in [6.45, 7) is 23.5. The molecular weight excluding hydrogens is 246 g/mol. The molecule has 1 saturated heterocycles. The fourth-order valence-corrected chi connectivity index (χ4v) is 2.93. The van der Waals surface area contributed by atoms with E-state index in [1.54, 1.807) is 0 Å². The fourth-order valence-electron chi connectivity index (χ4n) is 2.93. The van der Waals surface area contributed by atoms with Crippen molar-refractivity contribution in [3.63, 3.8) is 0 Å². The summed E-state index contributed by atoms with van der Waals surface area (Å²) in [7, 11) is 0. The lowest BCUT2D eigenvalue weighted by Gasteiger charge is -2.45. The zero-order valence-corrected chi connectivity index (χ0v) is 14.9. The first kappa shape index (κ1) is 17.9. The molecule has 1 N–H and O–H groups in total. The summed E-state index contributed by atoms with van der Waals surface area (Å²) in [5.41, 5.74) is 0.649. The lowest BCUT2D eigenvalue weighted by atomic mass is 9.84. The second kappa shape index (κ2) is 7.24. The molecule has 1 heterocycles. The number of hydrogen-bond acceptors (Lipinski definition) is 3. The highest BCUT2D eigenvalue weighted by atomic mass is 15.3. The molecule has 3 nitrogen and oxygen atoms in total. The number of nitrogens with zero attached hydrogens (tertiary/aromatic N) is 2. The molecule has 1 atom stereocenters. The monoisotopic (exact) mass is 283 g/mol. The Labute approximate surface area is 127 Å². The molecule has 120 valence electrons. The Bertz CT molecular complexity index is 272. The zero-order chi connectivity index (χ0) is 15.4. The van der Waals surface area contributed by atoms with Crippen molar-refractivity contribution in [2.75, 3.05) is 39.3 Å². The Morgan fingerprint density at radius 1 is 1.00 bits per heavy atom. The Balaban J connectivity index is 2.42. The molecule has 1 rings (SSSR count). The van der Waals surface area contributed by atoms with Crippen molar-refractivity contribution < 1.29 is 0 Å². The molecule has 0 spiro atoms. The summed E-state index contributed by atoms with van der Waals surface area (Å²) < 4.78 is 0. The van der Waals surface area contributed by atoms with Crippen molar-refractivity contribution in [3.8, 4) is 0 Å². The van der Waals surface area contributed by atoms with Crippen LogP contribution in [0, 0.1) is 5.41 Å². The number of nitrogens with one attached hydrogen (secondary N) is 1. The minimum Gasteiger partial charge on any atom is -0.314 e. The third kappa shape index (κ3) is 5.34. The van der Waals surface area contributed by atoms with E-state index in [1.165, 1.54) is 39.1 Å². The summed E-state index contributed by atoms with van der Waals surface area (Å²) in [5, 5.41) is 3.66. The highest BCUT2D eigenvalue weighted by Crippen LogP contribution is 2.24. The summed E-state index contributed by atoms with van der Waals surface area (Å²) in [6, 6.07) is 0.572. The average Bonchev–Trinajstić information content (AvgIpc) is 2.34. The van der Waals surface area contributed by atoms with Crippen LogP contribution in [-0.2, 0) is 0 Å². The van der Waals surface area contributed by atoms with Crippen LogP contribution in [0.3, 0.4) is 0 Å². The van der Waals surface area contributed by atoms with Crippen LogP contribution in [0.15, 0.2) is 0 Å². The van der Waals surface area contributed by atoms with E-state index in [1.807, 2.05) is 0 Å². The van der Waals surface area contributed by atoms with E-state index in [2.05, 4.69) is 63.6 Å². The molecule has 0 amide bonds. The maximum absolute atomic E-state index is 3.66. The van der Waals surface area contributed by atoms with Gasteiger partial charge in [-0.15, -0.1) is 0 Å². The Kier molecular flexibility index (Phi) is 6.49. The van der Waals surface area contributed by atoms with E-state index in [0.29, 0.717) is 17.0 Å². The standard InChI is InChI=1S/C17H37N3/c1-8-9-18-15(2)17(6,7)14-19-10-12-20(13-11-19)16(3,4)5/h15,18H,8-14H2,1-7H3. The van der Waals surface area contributed by atoms with E-state index in [0.717, 1.165) is 6.54 Å². The van der Waals surface area contributed by atoms with Gasteiger partial charge in [0.2, 0.25) is 0 Å². The highest BCUT2D eigenvalue weighted by molar-refractivity contribution is 4.87. The number of hydrogen-bond donors (Lipinski definition) is 1.